The minimum Gasteiger partial charge on any atom is -0.299 e. The summed E-state index contributed by atoms with van der Waals surface area (Å²) in [5.41, 5.74) is -0.505. The Morgan fingerprint density at radius 2 is 2.00 bits per heavy atom. The Bertz CT molecular complexity index is 534. The highest BCUT2D eigenvalue weighted by Gasteiger charge is 2.32. The van der Waals surface area contributed by atoms with Gasteiger partial charge in [0.1, 0.15) is 5.78 Å². The maximum atomic E-state index is 12.6. The van der Waals surface area contributed by atoms with Crippen LogP contribution < -0.4 is 0 Å². The van der Waals surface area contributed by atoms with Crippen molar-refractivity contribution in [3.8, 4) is 6.07 Å². The average Bonchev–Trinajstić information content (AvgIpc) is 2.34. The van der Waals surface area contributed by atoms with Gasteiger partial charge in [-0.15, -0.1) is 0 Å². The number of benzene rings is 1. The number of carbonyl (C=O) groups excluding carboxylic acids is 1. The van der Waals surface area contributed by atoms with E-state index in [1.807, 2.05) is 0 Å². The van der Waals surface area contributed by atoms with Crippen LogP contribution in [-0.2, 0) is 11.0 Å². The van der Waals surface area contributed by atoms with Crippen molar-refractivity contribution in [3.05, 3.63) is 34.9 Å². The van der Waals surface area contributed by atoms with Crippen LogP contribution in [0.2, 0.25) is 0 Å². The highest BCUT2D eigenvalue weighted by atomic mass is 79.9. The second kappa shape index (κ2) is 5.74. The van der Waals surface area contributed by atoms with Crippen LogP contribution in [0.25, 0.3) is 0 Å². The first-order valence-electron chi connectivity index (χ1n) is 5.44. The maximum absolute atomic E-state index is 12.6. The summed E-state index contributed by atoms with van der Waals surface area (Å²) in [4.78, 5) is 10.7. The van der Waals surface area contributed by atoms with Gasteiger partial charge < -0.3 is 0 Å². The monoisotopic (exact) mass is 333 g/mol. The molecule has 0 aliphatic rings. The van der Waals surface area contributed by atoms with E-state index in [9.17, 15) is 18.0 Å². The Hall–Kier alpha value is -1.35. The Kier molecular flexibility index (Phi) is 4.75. The van der Waals surface area contributed by atoms with Crippen LogP contribution in [0.5, 0.6) is 0 Å². The quantitative estimate of drug-likeness (QED) is 0.783. The largest absolute Gasteiger partial charge is 0.416 e. The molecule has 0 saturated heterocycles. The highest BCUT2D eigenvalue weighted by molar-refractivity contribution is 9.10. The smallest absolute Gasteiger partial charge is 0.299 e. The second-order valence-corrected chi connectivity index (χ2v) is 5.20. The molecular formula is C13H11BrF3NO. The number of hydrogen-bond donors (Lipinski definition) is 0. The molecule has 1 aromatic rings. The summed E-state index contributed by atoms with van der Waals surface area (Å²) in [6.45, 7) is 3.07. The van der Waals surface area contributed by atoms with E-state index in [1.54, 1.807) is 13.0 Å². The van der Waals surface area contributed by atoms with Crippen molar-refractivity contribution < 1.29 is 18.0 Å². The zero-order valence-electron chi connectivity index (χ0n) is 10.3. The van der Waals surface area contributed by atoms with E-state index in [0.717, 1.165) is 12.1 Å². The van der Waals surface area contributed by atoms with Crippen molar-refractivity contribution in [2.45, 2.75) is 30.8 Å². The van der Waals surface area contributed by atoms with Crippen molar-refractivity contribution in [3.63, 3.8) is 0 Å². The van der Waals surface area contributed by atoms with Crippen LogP contribution in [0.4, 0.5) is 13.2 Å². The third-order valence-electron chi connectivity index (χ3n) is 2.82. The number of alkyl halides is 4. The zero-order valence-corrected chi connectivity index (χ0v) is 11.8. The van der Waals surface area contributed by atoms with Crippen LogP contribution in [-0.4, -0.2) is 10.6 Å². The molecule has 0 bridgehead atoms. The fourth-order valence-corrected chi connectivity index (χ4v) is 2.02. The summed E-state index contributed by atoms with van der Waals surface area (Å²) < 4.78 is 37.7. The van der Waals surface area contributed by atoms with Crippen LogP contribution >= 0.6 is 15.9 Å². The Morgan fingerprint density at radius 1 is 1.42 bits per heavy atom. The molecule has 2 atom stereocenters. The van der Waals surface area contributed by atoms with Crippen molar-refractivity contribution in [2.24, 2.45) is 0 Å². The number of halogens is 4. The summed E-state index contributed by atoms with van der Waals surface area (Å²) in [6, 6.07) is 4.74. The molecule has 0 N–H and O–H groups in total. The summed E-state index contributed by atoms with van der Waals surface area (Å²) >= 11 is 3.18. The number of Topliss-reactive ketones (excluding diaryl/α,β-unsaturated/α-hetero) is 1. The third-order valence-corrected chi connectivity index (χ3v) is 4.26. The molecule has 6 heteroatoms. The lowest BCUT2D eigenvalue weighted by Gasteiger charge is -2.18. The number of nitriles is 1. The normalized spacial score (nSPS) is 14.6. The molecule has 102 valence electrons. The lowest BCUT2D eigenvalue weighted by Crippen LogP contribution is -2.19. The van der Waals surface area contributed by atoms with E-state index in [4.69, 9.17) is 5.26 Å². The molecule has 0 radical (unpaired) electrons. The molecule has 2 unspecified atom stereocenters. The summed E-state index contributed by atoms with van der Waals surface area (Å²) in [5.74, 6) is -0.522. The zero-order chi connectivity index (χ0) is 14.8. The lowest BCUT2D eigenvalue weighted by atomic mass is 9.91. The number of ketones is 1. The van der Waals surface area contributed by atoms with Crippen LogP contribution in [0.1, 0.15) is 36.5 Å². The molecule has 1 rings (SSSR count). The topological polar surface area (TPSA) is 40.9 Å². The first-order valence-corrected chi connectivity index (χ1v) is 6.35. The molecule has 0 aliphatic carbocycles. The Labute approximate surface area is 117 Å². The predicted octanol–water partition coefficient (Wildman–Crippen LogP) is 4.03. The van der Waals surface area contributed by atoms with Gasteiger partial charge in [-0.1, -0.05) is 28.9 Å². The van der Waals surface area contributed by atoms with Crippen molar-refractivity contribution in [1.29, 1.82) is 5.26 Å². The summed E-state index contributed by atoms with van der Waals surface area (Å²) in [7, 11) is 0. The molecule has 0 fully saturated rings. The van der Waals surface area contributed by atoms with Crippen molar-refractivity contribution in [1.82, 2.24) is 0 Å². The van der Waals surface area contributed by atoms with E-state index in [2.05, 4.69) is 15.9 Å². The fourth-order valence-electron chi connectivity index (χ4n) is 1.74. The number of nitrogens with zero attached hydrogens (tertiary/aromatic N) is 1. The van der Waals surface area contributed by atoms with Gasteiger partial charge in [0, 0.05) is 5.92 Å². The van der Waals surface area contributed by atoms with Gasteiger partial charge >= 0.3 is 6.18 Å². The van der Waals surface area contributed by atoms with Crippen LogP contribution in [0.3, 0.4) is 0 Å². The number of rotatable bonds is 3. The predicted molar refractivity (Wildman–Crippen MR) is 68.0 cm³/mol. The molecule has 1 aromatic carbocycles. The van der Waals surface area contributed by atoms with Gasteiger partial charge in [-0.3, -0.25) is 4.79 Å². The molecule has 0 amide bonds. The van der Waals surface area contributed by atoms with Gasteiger partial charge in [-0.05, 0) is 24.6 Å². The standard InChI is InChI=1S/C13H11BrF3NO/c1-7(12(14)8(2)19)11-4-3-10(13(15,16)17)5-9(11)6-18/h3-5,7,12H,1-2H3. The Balaban J connectivity index is 3.25. The van der Waals surface area contributed by atoms with Crippen LogP contribution in [0, 0.1) is 11.3 Å². The molecule has 19 heavy (non-hydrogen) atoms. The SMILES string of the molecule is CC(=O)C(Br)C(C)c1ccc(C(F)(F)F)cc1C#N. The number of hydrogen-bond acceptors (Lipinski definition) is 2. The highest BCUT2D eigenvalue weighted by Crippen LogP contribution is 2.34. The second-order valence-electron chi connectivity index (χ2n) is 4.21. The van der Waals surface area contributed by atoms with E-state index in [1.165, 1.54) is 13.0 Å². The first-order chi connectivity index (χ1) is 8.68. The number of carbonyl (C=O) groups is 1. The fraction of sp³-hybridized carbons (Fsp3) is 0.385. The van der Waals surface area contributed by atoms with Gasteiger partial charge in [-0.25, -0.2) is 0 Å². The van der Waals surface area contributed by atoms with E-state index >= 15 is 0 Å². The van der Waals surface area contributed by atoms with Gasteiger partial charge in [0.2, 0.25) is 0 Å². The van der Waals surface area contributed by atoms with E-state index in [0.29, 0.717) is 5.56 Å². The molecule has 0 heterocycles. The van der Waals surface area contributed by atoms with Crippen molar-refractivity contribution >= 4 is 21.7 Å². The lowest BCUT2D eigenvalue weighted by molar-refractivity contribution is -0.137. The Morgan fingerprint density at radius 3 is 2.42 bits per heavy atom. The minimum atomic E-state index is -4.48. The molecule has 0 aromatic heterocycles. The first kappa shape index (κ1) is 15.7. The minimum absolute atomic E-state index is 0.0620. The van der Waals surface area contributed by atoms with Gasteiger partial charge in [0.15, 0.2) is 0 Å². The average molecular weight is 334 g/mol. The van der Waals surface area contributed by atoms with Crippen LogP contribution in [0.15, 0.2) is 18.2 Å². The molecule has 0 spiro atoms. The van der Waals surface area contributed by atoms with E-state index < -0.39 is 16.6 Å². The van der Waals surface area contributed by atoms with Crippen molar-refractivity contribution in [2.75, 3.05) is 0 Å². The third kappa shape index (κ3) is 3.57. The van der Waals surface area contributed by atoms with E-state index in [-0.39, 0.29) is 17.3 Å². The van der Waals surface area contributed by atoms with Gasteiger partial charge in [-0.2, -0.15) is 18.4 Å². The molecule has 0 aliphatic heterocycles. The molecule has 0 saturated carbocycles. The summed E-state index contributed by atoms with van der Waals surface area (Å²) in [5, 5.41) is 8.96. The maximum Gasteiger partial charge on any atom is 0.416 e. The molecule has 2 nitrogen and oxygen atoms in total. The summed E-state index contributed by atoms with van der Waals surface area (Å²) in [6.07, 6.45) is -4.48. The van der Waals surface area contributed by atoms with Gasteiger partial charge in [0.05, 0.1) is 22.0 Å². The van der Waals surface area contributed by atoms with Gasteiger partial charge in [0.25, 0.3) is 0 Å². The molecular weight excluding hydrogens is 323 g/mol.